The Bertz CT molecular complexity index is 485. The van der Waals surface area contributed by atoms with Gasteiger partial charge in [-0.3, -0.25) is 4.79 Å². The molecule has 1 aromatic carbocycles. The number of fused-ring (bicyclic) bond motifs is 1. The van der Waals surface area contributed by atoms with Crippen molar-refractivity contribution in [2.45, 2.75) is 26.2 Å². The Morgan fingerprint density at radius 3 is 2.83 bits per heavy atom. The van der Waals surface area contributed by atoms with Crippen LogP contribution in [0.25, 0.3) is 0 Å². The van der Waals surface area contributed by atoms with Crippen LogP contribution in [0.15, 0.2) is 22.7 Å². The Kier molecular flexibility index (Phi) is 3.41. The lowest BCUT2D eigenvalue weighted by atomic mass is 9.81. The van der Waals surface area contributed by atoms with Crippen LogP contribution in [0, 0.1) is 5.41 Å². The van der Waals surface area contributed by atoms with E-state index in [0.717, 1.165) is 11.0 Å². The zero-order chi connectivity index (χ0) is 13.5. The summed E-state index contributed by atoms with van der Waals surface area (Å²) in [5.41, 5.74) is 1.78. The summed E-state index contributed by atoms with van der Waals surface area (Å²) in [6, 6.07) is 6.23. The van der Waals surface area contributed by atoms with Crippen molar-refractivity contribution in [2.24, 2.45) is 5.41 Å². The van der Waals surface area contributed by atoms with Gasteiger partial charge in [0.2, 0.25) is 0 Å². The number of benzene rings is 1. The van der Waals surface area contributed by atoms with E-state index >= 15 is 0 Å². The minimum atomic E-state index is -0.728. The van der Waals surface area contributed by atoms with E-state index in [1.807, 2.05) is 6.07 Å². The van der Waals surface area contributed by atoms with Crippen LogP contribution in [0.2, 0.25) is 0 Å². The fraction of sp³-hybridized carbons (Fsp3) is 0.500. The molecule has 0 amide bonds. The van der Waals surface area contributed by atoms with Crippen molar-refractivity contribution >= 4 is 27.6 Å². The topological polar surface area (TPSA) is 40.5 Å². The summed E-state index contributed by atoms with van der Waals surface area (Å²) >= 11 is 3.49. The third-order valence-corrected chi connectivity index (χ3v) is 4.16. The lowest BCUT2D eigenvalue weighted by Crippen LogP contribution is -2.27. The minimum Gasteiger partial charge on any atom is -0.481 e. The summed E-state index contributed by atoms with van der Waals surface area (Å²) in [6.45, 7) is 4.49. The molecule has 0 aliphatic carbocycles. The smallest absolute Gasteiger partial charge is 0.309 e. The first-order valence-electron chi connectivity index (χ1n) is 6.05. The molecule has 2 rings (SSSR count). The molecule has 1 aliphatic rings. The Hall–Kier alpha value is -1.03. The number of hydrogen-bond donors (Lipinski definition) is 1. The molecule has 1 aliphatic heterocycles. The van der Waals surface area contributed by atoms with Gasteiger partial charge in [0, 0.05) is 29.7 Å². The zero-order valence-corrected chi connectivity index (χ0v) is 12.5. The Balaban J connectivity index is 2.29. The molecule has 0 spiro atoms. The van der Waals surface area contributed by atoms with Crippen molar-refractivity contribution in [1.29, 1.82) is 0 Å². The van der Waals surface area contributed by atoms with Crippen LogP contribution in [0.3, 0.4) is 0 Å². The highest BCUT2D eigenvalue weighted by Crippen LogP contribution is 2.42. The van der Waals surface area contributed by atoms with Crippen LogP contribution < -0.4 is 4.90 Å². The Morgan fingerprint density at radius 2 is 2.22 bits per heavy atom. The highest BCUT2D eigenvalue weighted by Gasteiger charge is 2.35. The van der Waals surface area contributed by atoms with Crippen molar-refractivity contribution < 1.29 is 9.90 Å². The first-order chi connectivity index (χ1) is 8.31. The summed E-state index contributed by atoms with van der Waals surface area (Å²) < 4.78 is 1.05. The maximum atomic E-state index is 11.2. The van der Waals surface area contributed by atoms with Gasteiger partial charge in [0.15, 0.2) is 0 Å². The van der Waals surface area contributed by atoms with Crippen LogP contribution in [-0.2, 0) is 4.79 Å². The van der Waals surface area contributed by atoms with Crippen LogP contribution in [0.1, 0.15) is 31.7 Å². The molecule has 18 heavy (non-hydrogen) atoms. The molecule has 0 saturated heterocycles. The molecule has 0 aromatic heterocycles. The van der Waals surface area contributed by atoms with Gasteiger partial charge in [0.1, 0.15) is 0 Å². The molecule has 1 atom stereocenters. The second-order valence-electron chi connectivity index (χ2n) is 5.67. The van der Waals surface area contributed by atoms with E-state index in [0.29, 0.717) is 6.42 Å². The molecular weight excluding hydrogens is 294 g/mol. The summed E-state index contributed by atoms with van der Waals surface area (Å²) in [4.78, 5) is 13.4. The first kappa shape index (κ1) is 13.4. The van der Waals surface area contributed by atoms with E-state index in [4.69, 9.17) is 0 Å². The highest BCUT2D eigenvalue weighted by molar-refractivity contribution is 9.10. The first-order valence-corrected chi connectivity index (χ1v) is 6.84. The fourth-order valence-electron chi connectivity index (χ4n) is 2.61. The number of carboxylic acids is 1. The SMILES string of the molecule is CN1CC(CC(C)(C)C(=O)O)c2cc(Br)ccc21. The Morgan fingerprint density at radius 1 is 1.56 bits per heavy atom. The van der Waals surface area contributed by atoms with E-state index in [2.05, 4.69) is 40.0 Å². The minimum absolute atomic E-state index is 0.286. The zero-order valence-electron chi connectivity index (χ0n) is 10.9. The van der Waals surface area contributed by atoms with Gasteiger partial charge in [0.05, 0.1) is 5.41 Å². The average molecular weight is 312 g/mol. The van der Waals surface area contributed by atoms with Gasteiger partial charge in [-0.1, -0.05) is 15.9 Å². The molecule has 0 radical (unpaired) electrons. The van der Waals surface area contributed by atoms with Crippen molar-refractivity contribution in [1.82, 2.24) is 0 Å². The number of halogens is 1. The number of hydrogen-bond acceptors (Lipinski definition) is 2. The molecule has 0 saturated carbocycles. The number of carbonyl (C=O) groups is 1. The summed E-state index contributed by atoms with van der Waals surface area (Å²) in [7, 11) is 2.06. The molecule has 0 bridgehead atoms. The third kappa shape index (κ3) is 2.39. The van der Waals surface area contributed by atoms with E-state index in [1.54, 1.807) is 13.8 Å². The molecule has 0 fully saturated rings. The molecule has 1 heterocycles. The highest BCUT2D eigenvalue weighted by atomic mass is 79.9. The number of anilines is 1. The normalized spacial score (nSPS) is 18.9. The lowest BCUT2D eigenvalue weighted by Gasteiger charge is -2.23. The van der Waals surface area contributed by atoms with Gasteiger partial charge in [-0.05, 0) is 44.0 Å². The van der Waals surface area contributed by atoms with E-state index in [9.17, 15) is 9.90 Å². The lowest BCUT2D eigenvalue weighted by molar-refractivity contribution is -0.147. The van der Waals surface area contributed by atoms with Crippen molar-refractivity contribution in [3.8, 4) is 0 Å². The van der Waals surface area contributed by atoms with Crippen molar-refractivity contribution in [2.75, 3.05) is 18.5 Å². The van der Waals surface area contributed by atoms with Gasteiger partial charge >= 0.3 is 5.97 Å². The quantitative estimate of drug-likeness (QED) is 0.929. The summed E-state index contributed by atoms with van der Waals surface area (Å²) in [5.74, 6) is -0.442. The molecule has 4 heteroatoms. The van der Waals surface area contributed by atoms with Gasteiger partial charge in [-0.2, -0.15) is 0 Å². The number of carboxylic acid groups (broad SMARTS) is 1. The van der Waals surface area contributed by atoms with Gasteiger partial charge in [-0.15, -0.1) is 0 Å². The molecule has 1 unspecified atom stereocenters. The van der Waals surface area contributed by atoms with Crippen LogP contribution in [0.4, 0.5) is 5.69 Å². The molecule has 3 nitrogen and oxygen atoms in total. The summed E-state index contributed by atoms with van der Waals surface area (Å²) in [5, 5.41) is 9.25. The second kappa shape index (κ2) is 4.57. The number of aliphatic carboxylic acids is 1. The molecular formula is C14H18BrNO2. The van der Waals surface area contributed by atoms with Crippen LogP contribution in [-0.4, -0.2) is 24.7 Å². The summed E-state index contributed by atoms with van der Waals surface area (Å²) in [6.07, 6.45) is 0.663. The van der Waals surface area contributed by atoms with E-state index in [-0.39, 0.29) is 5.92 Å². The monoisotopic (exact) mass is 311 g/mol. The van der Waals surface area contributed by atoms with Crippen molar-refractivity contribution in [3.63, 3.8) is 0 Å². The largest absolute Gasteiger partial charge is 0.481 e. The van der Waals surface area contributed by atoms with Gasteiger partial charge in [0.25, 0.3) is 0 Å². The van der Waals surface area contributed by atoms with Crippen molar-refractivity contribution in [3.05, 3.63) is 28.2 Å². The molecule has 98 valence electrons. The molecule has 1 aromatic rings. The number of nitrogens with zero attached hydrogens (tertiary/aromatic N) is 1. The maximum absolute atomic E-state index is 11.2. The fourth-order valence-corrected chi connectivity index (χ4v) is 2.98. The Labute approximate surface area is 116 Å². The third-order valence-electron chi connectivity index (χ3n) is 3.67. The predicted molar refractivity (Wildman–Crippen MR) is 76.2 cm³/mol. The number of likely N-dealkylation sites (N-methyl/N-ethyl adjacent to an activating group) is 1. The average Bonchev–Trinajstić information content (AvgIpc) is 2.54. The van der Waals surface area contributed by atoms with E-state index < -0.39 is 11.4 Å². The standard InChI is InChI=1S/C14H18BrNO2/c1-14(2,13(17)18)7-9-8-16(3)12-5-4-10(15)6-11(9)12/h4-6,9H,7-8H2,1-3H3,(H,17,18). The van der Waals surface area contributed by atoms with Gasteiger partial charge in [-0.25, -0.2) is 0 Å². The van der Waals surface area contributed by atoms with Crippen LogP contribution >= 0.6 is 15.9 Å². The second-order valence-corrected chi connectivity index (χ2v) is 6.59. The van der Waals surface area contributed by atoms with Gasteiger partial charge < -0.3 is 10.0 Å². The molecule has 1 N–H and O–H groups in total. The number of rotatable bonds is 3. The predicted octanol–water partition coefficient (Wildman–Crippen LogP) is 3.48. The van der Waals surface area contributed by atoms with E-state index in [1.165, 1.54) is 11.3 Å². The maximum Gasteiger partial charge on any atom is 0.309 e. The van der Waals surface area contributed by atoms with Crippen LogP contribution in [0.5, 0.6) is 0 Å².